The van der Waals surface area contributed by atoms with Crippen LogP contribution < -0.4 is 0 Å². The van der Waals surface area contributed by atoms with Gasteiger partial charge in [-0.1, -0.05) is 48.5 Å². The zero-order valence-electron chi connectivity index (χ0n) is 11.6. The van der Waals surface area contributed by atoms with E-state index in [0.717, 1.165) is 6.07 Å². The van der Waals surface area contributed by atoms with E-state index in [-0.39, 0.29) is 39.7 Å². The summed E-state index contributed by atoms with van der Waals surface area (Å²) in [7, 11) is 0. The number of phenols is 4. The highest BCUT2D eigenvalue weighted by molar-refractivity contribution is 5.90. The molecule has 22 heavy (non-hydrogen) atoms. The van der Waals surface area contributed by atoms with E-state index in [1.54, 1.807) is 42.5 Å². The summed E-state index contributed by atoms with van der Waals surface area (Å²) in [6, 6.07) is 16.4. The molecule has 0 unspecified atom stereocenters. The number of benzene rings is 3. The van der Waals surface area contributed by atoms with Crippen LogP contribution in [0.15, 0.2) is 60.7 Å². The summed E-state index contributed by atoms with van der Waals surface area (Å²) in [5, 5.41) is 40.7. The lowest BCUT2D eigenvalue weighted by Crippen LogP contribution is -1.87. The second kappa shape index (κ2) is 5.33. The van der Waals surface area contributed by atoms with Crippen LogP contribution >= 0.6 is 0 Å². The number of aromatic hydroxyl groups is 4. The van der Waals surface area contributed by atoms with Crippen LogP contribution in [-0.2, 0) is 0 Å². The van der Waals surface area contributed by atoms with Crippen molar-refractivity contribution in [3.8, 4) is 45.3 Å². The molecule has 110 valence electrons. The number of rotatable bonds is 2. The van der Waals surface area contributed by atoms with E-state index in [4.69, 9.17) is 0 Å². The van der Waals surface area contributed by atoms with Crippen molar-refractivity contribution in [2.24, 2.45) is 0 Å². The second-order valence-corrected chi connectivity index (χ2v) is 4.90. The lowest BCUT2D eigenvalue weighted by atomic mass is 9.95. The maximum atomic E-state index is 10.6. The summed E-state index contributed by atoms with van der Waals surface area (Å²) in [4.78, 5) is 0. The van der Waals surface area contributed by atoms with Gasteiger partial charge in [0.1, 0.15) is 23.0 Å². The molecule has 0 saturated heterocycles. The van der Waals surface area contributed by atoms with Gasteiger partial charge in [0.15, 0.2) is 0 Å². The molecule has 0 aliphatic carbocycles. The molecular formula is C18H14O4. The molecule has 4 nitrogen and oxygen atoms in total. The largest absolute Gasteiger partial charge is 0.507 e. The molecule has 0 aliphatic rings. The van der Waals surface area contributed by atoms with Gasteiger partial charge in [-0.3, -0.25) is 0 Å². The summed E-state index contributed by atoms with van der Waals surface area (Å²) in [6.45, 7) is 0. The molecule has 3 aromatic rings. The predicted octanol–water partition coefficient (Wildman–Crippen LogP) is 3.84. The molecule has 0 amide bonds. The fraction of sp³-hybridized carbons (Fsp3) is 0. The second-order valence-electron chi connectivity index (χ2n) is 4.90. The zero-order chi connectivity index (χ0) is 15.7. The van der Waals surface area contributed by atoms with Crippen molar-refractivity contribution < 1.29 is 20.4 Å². The molecular weight excluding hydrogens is 280 g/mol. The molecule has 0 bridgehead atoms. The van der Waals surface area contributed by atoms with Gasteiger partial charge in [0.05, 0.1) is 11.1 Å². The molecule has 0 fully saturated rings. The van der Waals surface area contributed by atoms with Gasteiger partial charge >= 0.3 is 0 Å². The molecule has 0 aromatic heterocycles. The van der Waals surface area contributed by atoms with E-state index in [1.807, 2.05) is 6.07 Å². The Hall–Kier alpha value is -3.14. The van der Waals surface area contributed by atoms with Gasteiger partial charge in [0.25, 0.3) is 0 Å². The number of hydrogen-bond donors (Lipinski definition) is 4. The van der Waals surface area contributed by atoms with Gasteiger partial charge in [-0.15, -0.1) is 0 Å². The van der Waals surface area contributed by atoms with Crippen LogP contribution in [0, 0.1) is 0 Å². The van der Waals surface area contributed by atoms with E-state index in [9.17, 15) is 20.4 Å². The smallest absolute Gasteiger partial charge is 0.138 e. The van der Waals surface area contributed by atoms with E-state index in [2.05, 4.69) is 0 Å². The maximum Gasteiger partial charge on any atom is 0.138 e. The Morgan fingerprint density at radius 1 is 0.545 bits per heavy atom. The molecule has 3 rings (SSSR count). The SMILES string of the molecule is Oc1ccccc1-c1c(O)cc(O)c(-c2ccccc2)c1O. The Kier molecular flexibility index (Phi) is 3.35. The first-order valence-corrected chi connectivity index (χ1v) is 6.71. The average Bonchev–Trinajstić information content (AvgIpc) is 2.50. The van der Waals surface area contributed by atoms with Crippen LogP contribution in [0.25, 0.3) is 22.3 Å². The lowest BCUT2D eigenvalue weighted by Gasteiger charge is -2.15. The van der Waals surface area contributed by atoms with Crippen LogP contribution in [0.4, 0.5) is 0 Å². The van der Waals surface area contributed by atoms with Gasteiger partial charge in [-0.25, -0.2) is 0 Å². The highest BCUT2D eigenvalue weighted by Crippen LogP contribution is 2.50. The van der Waals surface area contributed by atoms with Crippen molar-refractivity contribution >= 4 is 0 Å². The molecule has 4 N–H and O–H groups in total. The number of phenolic OH excluding ortho intramolecular Hbond substituents is 4. The predicted molar refractivity (Wildman–Crippen MR) is 84.0 cm³/mol. The monoisotopic (exact) mass is 294 g/mol. The lowest BCUT2D eigenvalue weighted by molar-refractivity contribution is 0.431. The third-order valence-electron chi connectivity index (χ3n) is 3.50. The molecule has 3 aromatic carbocycles. The van der Waals surface area contributed by atoms with Crippen LogP contribution in [0.3, 0.4) is 0 Å². The summed E-state index contributed by atoms with van der Waals surface area (Å²) >= 11 is 0. The van der Waals surface area contributed by atoms with Gasteiger partial charge in [0.2, 0.25) is 0 Å². The first-order valence-electron chi connectivity index (χ1n) is 6.71. The maximum absolute atomic E-state index is 10.6. The minimum atomic E-state index is -0.309. The van der Waals surface area contributed by atoms with Crippen LogP contribution in [-0.4, -0.2) is 20.4 Å². The Bertz CT molecular complexity index is 826. The highest BCUT2D eigenvalue weighted by Gasteiger charge is 2.21. The van der Waals surface area contributed by atoms with E-state index < -0.39 is 0 Å². The Labute approximate surface area is 127 Å². The van der Waals surface area contributed by atoms with Crippen LogP contribution in [0.5, 0.6) is 23.0 Å². The van der Waals surface area contributed by atoms with Gasteiger partial charge in [0, 0.05) is 11.6 Å². The molecule has 0 spiro atoms. The van der Waals surface area contributed by atoms with Crippen molar-refractivity contribution in [1.29, 1.82) is 0 Å². The van der Waals surface area contributed by atoms with Gasteiger partial charge in [-0.2, -0.15) is 0 Å². The quantitative estimate of drug-likeness (QED) is 0.579. The minimum Gasteiger partial charge on any atom is -0.507 e. The summed E-state index contributed by atoms with van der Waals surface area (Å²) in [5.41, 5.74) is 1.18. The van der Waals surface area contributed by atoms with E-state index in [1.165, 1.54) is 6.07 Å². The van der Waals surface area contributed by atoms with Gasteiger partial charge < -0.3 is 20.4 Å². The standard InChI is InChI=1S/C18H14O4/c19-13-9-5-4-8-12(13)17-15(21)10-14(20)16(18(17)22)11-6-2-1-3-7-11/h1-10,19-22H. The third kappa shape index (κ3) is 2.20. The number of para-hydroxylation sites is 1. The highest BCUT2D eigenvalue weighted by atomic mass is 16.3. The Balaban J connectivity index is 2.32. The summed E-state index contributed by atoms with van der Waals surface area (Å²) < 4.78 is 0. The van der Waals surface area contributed by atoms with Crippen LogP contribution in [0.2, 0.25) is 0 Å². The number of hydrogen-bond acceptors (Lipinski definition) is 4. The van der Waals surface area contributed by atoms with Crippen molar-refractivity contribution in [2.75, 3.05) is 0 Å². The summed E-state index contributed by atoms with van der Waals surface area (Å²) in [5.74, 6) is -0.903. The van der Waals surface area contributed by atoms with E-state index >= 15 is 0 Å². The molecule has 0 heterocycles. The molecule has 0 radical (unpaired) electrons. The average molecular weight is 294 g/mol. The molecule has 0 saturated carbocycles. The normalized spacial score (nSPS) is 10.5. The minimum absolute atomic E-state index is 0.0715. The Morgan fingerprint density at radius 3 is 1.82 bits per heavy atom. The Morgan fingerprint density at radius 2 is 1.14 bits per heavy atom. The first kappa shape index (κ1) is 13.8. The van der Waals surface area contributed by atoms with Crippen molar-refractivity contribution in [2.45, 2.75) is 0 Å². The summed E-state index contributed by atoms with van der Waals surface area (Å²) in [6.07, 6.45) is 0. The van der Waals surface area contributed by atoms with E-state index in [0.29, 0.717) is 5.56 Å². The molecule has 0 atom stereocenters. The van der Waals surface area contributed by atoms with Crippen molar-refractivity contribution in [3.63, 3.8) is 0 Å². The molecule has 0 aliphatic heterocycles. The topological polar surface area (TPSA) is 80.9 Å². The van der Waals surface area contributed by atoms with Crippen LogP contribution in [0.1, 0.15) is 0 Å². The third-order valence-corrected chi connectivity index (χ3v) is 3.50. The fourth-order valence-corrected chi connectivity index (χ4v) is 2.48. The zero-order valence-corrected chi connectivity index (χ0v) is 11.6. The van der Waals surface area contributed by atoms with Crippen molar-refractivity contribution in [3.05, 3.63) is 60.7 Å². The first-order chi connectivity index (χ1) is 10.6. The fourth-order valence-electron chi connectivity index (χ4n) is 2.48. The van der Waals surface area contributed by atoms with Gasteiger partial charge in [-0.05, 0) is 11.6 Å². The van der Waals surface area contributed by atoms with Crippen molar-refractivity contribution in [1.82, 2.24) is 0 Å². The molecule has 4 heteroatoms.